The standard InChI is InChI=1S/C11H24O2/c1-9(2)10(3)12-7-8-13-11(4,5)6/h9-10H,7-8H2,1-6H3. The molecule has 0 heterocycles. The molecule has 1 atom stereocenters. The van der Waals surface area contributed by atoms with Gasteiger partial charge in [-0.1, -0.05) is 13.8 Å². The average Bonchev–Trinajstić information content (AvgIpc) is 1.95. The van der Waals surface area contributed by atoms with Crippen LogP contribution in [-0.2, 0) is 9.47 Å². The third-order valence-electron chi connectivity index (χ3n) is 1.94. The molecular weight excluding hydrogens is 164 g/mol. The second-order valence-corrected chi connectivity index (χ2v) is 4.78. The summed E-state index contributed by atoms with van der Waals surface area (Å²) in [7, 11) is 0. The molecule has 80 valence electrons. The van der Waals surface area contributed by atoms with Gasteiger partial charge in [0, 0.05) is 0 Å². The monoisotopic (exact) mass is 188 g/mol. The molecular formula is C11H24O2. The van der Waals surface area contributed by atoms with Crippen LogP contribution in [0.4, 0.5) is 0 Å². The van der Waals surface area contributed by atoms with E-state index < -0.39 is 0 Å². The summed E-state index contributed by atoms with van der Waals surface area (Å²) in [6.07, 6.45) is 0.323. The zero-order valence-electron chi connectivity index (χ0n) is 9.89. The maximum atomic E-state index is 5.57. The predicted molar refractivity (Wildman–Crippen MR) is 56.0 cm³/mol. The van der Waals surface area contributed by atoms with E-state index in [1.54, 1.807) is 0 Å². The first-order valence-corrected chi connectivity index (χ1v) is 5.08. The third-order valence-corrected chi connectivity index (χ3v) is 1.94. The molecule has 0 radical (unpaired) electrons. The highest BCUT2D eigenvalue weighted by Crippen LogP contribution is 2.08. The highest BCUT2D eigenvalue weighted by atomic mass is 16.5. The lowest BCUT2D eigenvalue weighted by Gasteiger charge is -2.21. The van der Waals surface area contributed by atoms with Gasteiger partial charge in [0.1, 0.15) is 0 Å². The van der Waals surface area contributed by atoms with Crippen molar-refractivity contribution in [1.82, 2.24) is 0 Å². The number of hydrogen-bond acceptors (Lipinski definition) is 2. The molecule has 0 fully saturated rings. The second kappa shape index (κ2) is 5.61. The van der Waals surface area contributed by atoms with Gasteiger partial charge in [0.25, 0.3) is 0 Å². The van der Waals surface area contributed by atoms with Crippen LogP contribution in [0, 0.1) is 5.92 Å². The number of rotatable bonds is 5. The number of hydrogen-bond donors (Lipinski definition) is 0. The van der Waals surface area contributed by atoms with E-state index in [4.69, 9.17) is 9.47 Å². The van der Waals surface area contributed by atoms with Crippen LogP contribution in [0.5, 0.6) is 0 Å². The Hall–Kier alpha value is -0.0800. The van der Waals surface area contributed by atoms with Gasteiger partial charge in [-0.3, -0.25) is 0 Å². The summed E-state index contributed by atoms with van der Waals surface area (Å²) < 4.78 is 11.1. The molecule has 2 heteroatoms. The minimum atomic E-state index is -0.0512. The lowest BCUT2D eigenvalue weighted by atomic mass is 10.1. The molecule has 0 bridgehead atoms. The van der Waals surface area contributed by atoms with Crippen molar-refractivity contribution >= 4 is 0 Å². The largest absolute Gasteiger partial charge is 0.376 e. The van der Waals surface area contributed by atoms with Crippen molar-refractivity contribution in [3.8, 4) is 0 Å². The zero-order valence-corrected chi connectivity index (χ0v) is 9.89. The van der Waals surface area contributed by atoms with Crippen molar-refractivity contribution < 1.29 is 9.47 Å². The maximum absolute atomic E-state index is 5.57. The quantitative estimate of drug-likeness (QED) is 0.618. The molecule has 0 aliphatic carbocycles. The predicted octanol–water partition coefficient (Wildman–Crippen LogP) is 2.86. The zero-order chi connectivity index (χ0) is 10.5. The van der Waals surface area contributed by atoms with E-state index in [9.17, 15) is 0 Å². The summed E-state index contributed by atoms with van der Waals surface area (Å²) in [5.41, 5.74) is -0.0512. The van der Waals surface area contributed by atoms with E-state index in [1.807, 2.05) is 0 Å². The van der Waals surface area contributed by atoms with Gasteiger partial charge < -0.3 is 9.47 Å². The average molecular weight is 188 g/mol. The Morgan fingerprint density at radius 3 is 1.92 bits per heavy atom. The fraction of sp³-hybridized carbons (Fsp3) is 1.00. The fourth-order valence-corrected chi connectivity index (χ4v) is 0.774. The third kappa shape index (κ3) is 8.26. The topological polar surface area (TPSA) is 18.5 Å². The first-order chi connectivity index (χ1) is 5.83. The van der Waals surface area contributed by atoms with Crippen LogP contribution in [0.25, 0.3) is 0 Å². The summed E-state index contributed by atoms with van der Waals surface area (Å²) in [5, 5.41) is 0. The molecule has 0 N–H and O–H groups in total. The fourth-order valence-electron chi connectivity index (χ4n) is 0.774. The van der Waals surface area contributed by atoms with Crippen LogP contribution in [0.15, 0.2) is 0 Å². The molecule has 0 saturated heterocycles. The molecule has 0 aromatic rings. The Morgan fingerprint density at radius 2 is 1.54 bits per heavy atom. The summed E-state index contributed by atoms with van der Waals surface area (Å²) in [6, 6.07) is 0. The van der Waals surface area contributed by atoms with Crippen molar-refractivity contribution in [1.29, 1.82) is 0 Å². The molecule has 1 unspecified atom stereocenters. The Morgan fingerprint density at radius 1 is 1.00 bits per heavy atom. The van der Waals surface area contributed by atoms with E-state index >= 15 is 0 Å². The van der Waals surface area contributed by atoms with Crippen LogP contribution in [0.2, 0.25) is 0 Å². The van der Waals surface area contributed by atoms with E-state index in [-0.39, 0.29) is 5.60 Å². The molecule has 0 saturated carbocycles. The van der Waals surface area contributed by atoms with Crippen molar-refractivity contribution in [2.75, 3.05) is 13.2 Å². The van der Waals surface area contributed by atoms with Gasteiger partial charge in [0.2, 0.25) is 0 Å². The van der Waals surface area contributed by atoms with Crippen LogP contribution >= 0.6 is 0 Å². The van der Waals surface area contributed by atoms with Crippen LogP contribution in [-0.4, -0.2) is 24.9 Å². The van der Waals surface area contributed by atoms with E-state index in [0.717, 1.165) is 0 Å². The molecule has 0 aliphatic rings. The molecule has 0 spiro atoms. The molecule has 0 amide bonds. The van der Waals surface area contributed by atoms with Crippen LogP contribution < -0.4 is 0 Å². The highest BCUT2D eigenvalue weighted by Gasteiger charge is 2.10. The van der Waals surface area contributed by atoms with Gasteiger partial charge in [0.15, 0.2) is 0 Å². The second-order valence-electron chi connectivity index (χ2n) is 4.78. The molecule has 2 nitrogen and oxygen atoms in total. The molecule has 0 rings (SSSR count). The molecule has 0 aliphatic heterocycles. The highest BCUT2D eigenvalue weighted by molar-refractivity contribution is 4.59. The first kappa shape index (κ1) is 12.9. The Balaban J connectivity index is 3.36. The summed E-state index contributed by atoms with van der Waals surface area (Å²) in [6.45, 7) is 14.0. The maximum Gasteiger partial charge on any atom is 0.0707 e. The minimum absolute atomic E-state index is 0.0512. The lowest BCUT2D eigenvalue weighted by molar-refractivity contribution is -0.0558. The molecule has 0 aromatic heterocycles. The smallest absolute Gasteiger partial charge is 0.0707 e. The summed E-state index contributed by atoms with van der Waals surface area (Å²) in [4.78, 5) is 0. The van der Waals surface area contributed by atoms with Crippen molar-refractivity contribution in [3.63, 3.8) is 0 Å². The first-order valence-electron chi connectivity index (χ1n) is 5.08. The Kier molecular flexibility index (Phi) is 5.57. The Bertz CT molecular complexity index is 125. The van der Waals surface area contributed by atoms with Gasteiger partial charge in [0.05, 0.1) is 24.9 Å². The van der Waals surface area contributed by atoms with Gasteiger partial charge in [-0.05, 0) is 33.6 Å². The van der Waals surface area contributed by atoms with Crippen LogP contribution in [0.3, 0.4) is 0 Å². The normalized spacial score (nSPS) is 15.0. The van der Waals surface area contributed by atoms with Gasteiger partial charge in [-0.25, -0.2) is 0 Å². The van der Waals surface area contributed by atoms with Crippen molar-refractivity contribution in [2.45, 2.75) is 53.2 Å². The van der Waals surface area contributed by atoms with Gasteiger partial charge in [-0.15, -0.1) is 0 Å². The summed E-state index contributed by atoms with van der Waals surface area (Å²) in [5.74, 6) is 0.578. The number of ether oxygens (including phenoxy) is 2. The SMILES string of the molecule is CC(C)C(C)OCCOC(C)(C)C. The van der Waals surface area contributed by atoms with Gasteiger partial charge >= 0.3 is 0 Å². The lowest BCUT2D eigenvalue weighted by Crippen LogP contribution is -2.24. The molecule has 13 heavy (non-hydrogen) atoms. The van der Waals surface area contributed by atoms with Crippen molar-refractivity contribution in [3.05, 3.63) is 0 Å². The minimum Gasteiger partial charge on any atom is -0.376 e. The van der Waals surface area contributed by atoms with Crippen molar-refractivity contribution in [2.24, 2.45) is 5.92 Å². The van der Waals surface area contributed by atoms with E-state index in [0.29, 0.717) is 25.2 Å². The van der Waals surface area contributed by atoms with E-state index in [1.165, 1.54) is 0 Å². The summed E-state index contributed by atoms with van der Waals surface area (Å²) >= 11 is 0. The molecule has 0 aromatic carbocycles. The van der Waals surface area contributed by atoms with E-state index in [2.05, 4.69) is 41.5 Å². The Labute approximate surface area is 82.6 Å². The van der Waals surface area contributed by atoms with Gasteiger partial charge in [-0.2, -0.15) is 0 Å². The van der Waals surface area contributed by atoms with Crippen LogP contribution in [0.1, 0.15) is 41.5 Å².